The van der Waals surface area contributed by atoms with Gasteiger partial charge in [-0.05, 0) is 55.4 Å². The van der Waals surface area contributed by atoms with E-state index in [9.17, 15) is 17.6 Å². The molecule has 0 atom stereocenters. The molecular weight excluding hydrogens is 424 g/mol. The maximum atomic E-state index is 14.6. The summed E-state index contributed by atoms with van der Waals surface area (Å²) in [6.45, 7) is 4.78. The summed E-state index contributed by atoms with van der Waals surface area (Å²) in [6, 6.07) is 6.66. The fourth-order valence-corrected chi connectivity index (χ4v) is 4.49. The van der Waals surface area contributed by atoms with Gasteiger partial charge in [-0.1, -0.05) is 31.9 Å². The lowest BCUT2D eigenvalue weighted by atomic mass is 9.76. The summed E-state index contributed by atoms with van der Waals surface area (Å²) in [7, 11) is 0. The van der Waals surface area contributed by atoms with Crippen molar-refractivity contribution in [2.24, 2.45) is 17.8 Å². The topological polar surface area (TPSA) is 27.7 Å². The van der Waals surface area contributed by atoms with E-state index >= 15 is 0 Å². The summed E-state index contributed by atoms with van der Waals surface area (Å²) in [5.74, 6) is -0.580. The van der Waals surface area contributed by atoms with Crippen LogP contribution in [-0.4, -0.2) is 13.2 Å². The SMILES string of the molecule is Cc1ccc(OC(F)(F)c2ccc(C3OCC(C4CCC(C)CC4)CO3)cc2F)cc1F. The zero-order valence-corrected chi connectivity index (χ0v) is 18.3. The maximum Gasteiger partial charge on any atom is 0.429 e. The molecule has 2 aromatic rings. The zero-order chi connectivity index (χ0) is 22.9. The van der Waals surface area contributed by atoms with E-state index in [0.717, 1.165) is 37.0 Å². The second kappa shape index (κ2) is 9.40. The average Bonchev–Trinajstić information content (AvgIpc) is 2.76. The quantitative estimate of drug-likeness (QED) is 0.463. The van der Waals surface area contributed by atoms with Gasteiger partial charge in [0.15, 0.2) is 6.29 Å². The van der Waals surface area contributed by atoms with Crippen LogP contribution in [0.1, 0.15) is 55.6 Å². The van der Waals surface area contributed by atoms with Crippen LogP contribution in [0.2, 0.25) is 0 Å². The lowest BCUT2D eigenvalue weighted by Gasteiger charge is -2.37. The van der Waals surface area contributed by atoms with Crippen molar-refractivity contribution in [3.05, 3.63) is 64.7 Å². The molecule has 1 aliphatic carbocycles. The third kappa shape index (κ3) is 5.09. The highest BCUT2D eigenvalue weighted by Gasteiger charge is 2.39. The first-order chi connectivity index (χ1) is 15.2. The number of aryl methyl sites for hydroxylation is 1. The van der Waals surface area contributed by atoms with Crippen LogP contribution in [0.15, 0.2) is 36.4 Å². The van der Waals surface area contributed by atoms with Crippen LogP contribution in [0.4, 0.5) is 17.6 Å². The first kappa shape index (κ1) is 23.1. The van der Waals surface area contributed by atoms with Crippen LogP contribution in [0.5, 0.6) is 5.75 Å². The number of hydrogen-bond donors (Lipinski definition) is 0. The number of benzene rings is 2. The number of rotatable bonds is 5. The molecule has 0 aromatic heterocycles. The number of alkyl halides is 2. The lowest BCUT2D eigenvalue weighted by molar-refractivity contribution is -0.215. The van der Waals surface area contributed by atoms with E-state index in [0.29, 0.717) is 36.2 Å². The molecule has 2 aromatic carbocycles. The molecule has 1 saturated carbocycles. The molecule has 0 bridgehead atoms. The van der Waals surface area contributed by atoms with Crippen molar-refractivity contribution in [1.29, 1.82) is 0 Å². The van der Waals surface area contributed by atoms with Crippen LogP contribution < -0.4 is 4.74 Å². The van der Waals surface area contributed by atoms with Crippen molar-refractivity contribution >= 4 is 0 Å². The smallest absolute Gasteiger partial charge is 0.429 e. The summed E-state index contributed by atoms with van der Waals surface area (Å²) in [4.78, 5) is 0. The third-order valence-electron chi connectivity index (χ3n) is 6.62. The van der Waals surface area contributed by atoms with E-state index < -0.39 is 29.6 Å². The summed E-state index contributed by atoms with van der Waals surface area (Å²) >= 11 is 0. The summed E-state index contributed by atoms with van der Waals surface area (Å²) in [6.07, 6.45) is -0.0232. The van der Waals surface area contributed by atoms with Crippen molar-refractivity contribution in [2.75, 3.05) is 13.2 Å². The summed E-state index contributed by atoms with van der Waals surface area (Å²) in [5.41, 5.74) is -0.310. The lowest BCUT2D eigenvalue weighted by Crippen LogP contribution is -2.34. The van der Waals surface area contributed by atoms with Crippen molar-refractivity contribution in [3.8, 4) is 5.75 Å². The van der Waals surface area contributed by atoms with Gasteiger partial charge in [0.1, 0.15) is 17.4 Å². The minimum absolute atomic E-state index is 0.295. The van der Waals surface area contributed by atoms with Gasteiger partial charge in [-0.2, -0.15) is 8.78 Å². The van der Waals surface area contributed by atoms with E-state index in [1.807, 2.05) is 0 Å². The first-order valence-electron chi connectivity index (χ1n) is 11.1. The maximum absolute atomic E-state index is 14.6. The zero-order valence-electron chi connectivity index (χ0n) is 18.3. The standard InChI is InChI=1S/C25H28F4O3/c1-15-3-6-17(7-4-15)19-13-30-24(31-14-19)18-8-10-21(23(27)11-18)25(28,29)32-20-9-5-16(2)22(26)12-20/h5,8-12,15,17,19,24H,3-4,6-7,13-14H2,1-2H3. The Bertz CT molecular complexity index is 933. The van der Waals surface area contributed by atoms with Crippen molar-refractivity contribution in [2.45, 2.75) is 51.9 Å². The van der Waals surface area contributed by atoms with E-state index in [4.69, 9.17) is 9.47 Å². The Labute approximate surface area is 185 Å². The Kier molecular flexibility index (Phi) is 6.77. The van der Waals surface area contributed by atoms with Gasteiger partial charge in [0.2, 0.25) is 0 Å². The second-order valence-electron chi connectivity index (χ2n) is 9.05. The van der Waals surface area contributed by atoms with Gasteiger partial charge in [0.25, 0.3) is 0 Å². The van der Waals surface area contributed by atoms with Gasteiger partial charge < -0.3 is 14.2 Å². The molecule has 1 heterocycles. The van der Waals surface area contributed by atoms with E-state index in [1.165, 1.54) is 38.0 Å². The molecule has 32 heavy (non-hydrogen) atoms. The highest BCUT2D eigenvalue weighted by molar-refractivity contribution is 5.31. The third-order valence-corrected chi connectivity index (χ3v) is 6.62. The Morgan fingerprint density at radius 3 is 2.19 bits per heavy atom. The van der Waals surface area contributed by atoms with Crippen LogP contribution in [0.25, 0.3) is 0 Å². The normalized spacial score (nSPS) is 26.7. The number of ether oxygens (including phenoxy) is 3. The fourth-order valence-electron chi connectivity index (χ4n) is 4.49. The molecule has 4 rings (SSSR count). The van der Waals surface area contributed by atoms with Gasteiger partial charge in [-0.25, -0.2) is 8.78 Å². The predicted molar refractivity (Wildman–Crippen MR) is 111 cm³/mol. The summed E-state index contributed by atoms with van der Waals surface area (Å²) < 4.78 is 73.5. The van der Waals surface area contributed by atoms with Crippen LogP contribution in [-0.2, 0) is 15.6 Å². The molecule has 1 saturated heterocycles. The van der Waals surface area contributed by atoms with Gasteiger partial charge in [0, 0.05) is 17.5 Å². The van der Waals surface area contributed by atoms with Gasteiger partial charge >= 0.3 is 6.11 Å². The molecule has 0 amide bonds. The number of hydrogen-bond acceptors (Lipinski definition) is 3. The molecule has 0 spiro atoms. The van der Waals surface area contributed by atoms with Gasteiger partial charge in [-0.3, -0.25) is 0 Å². The number of halogens is 4. The minimum Gasteiger partial charge on any atom is -0.429 e. The largest absolute Gasteiger partial charge is 0.429 e. The molecule has 174 valence electrons. The van der Waals surface area contributed by atoms with Gasteiger partial charge in [-0.15, -0.1) is 0 Å². The molecule has 3 nitrogen and oxygen atoms in total. The van der Waals surface area contributed by atoms with Crippen molar-refractivity contribution in [1.82, 2.24) is 0 Å². The van der Waals surface area contributed by atoms with E-state index in [-0.39, 0.29) is 5.75 Å². The van der Waals surface area contributed by atoms with Crippen LogP contribution in [0, 0.1) is 36.3 Å². The first-order valence-corrected chi connectivity index (χ1v) is 11.1. The Morgan fingerprint density at radius 2 is 1.56 bits per heavy atom. The predicted octanol–water partition coefficient (Wildman–Crippen LogP) is 6.89. The van der Waals surface area contributed by atoms with Crippen LogP contribution in [0.3, 0.4) is 0 Å². The van der Waals surface area contributed by atoms with Gasteiger partial charge in [0.05, 0.1) is 18.8 Å². The average molecular weight is 452 g/mol. The van der Waals surface area contributed by atoms with E-state index in [1.54, 1.807) is 0 Å². The second-order valence-corrected chi connectivity index (χ2v) is 9.05. The molecule has 2 aliphatic rings. The van der Waals surface area contributed by atoms with Crippen LogP contribution >= 0.6 is 0 Å². The highest BCUT2D eigenvalue weighted by Crippen LogP contribution is 2.38. The Morgan fingerprint density at radius 1 is 0.875 bits per heavy atom. The van der Waals surface area contributed by atoms with Crippen molar-refractivity contribution in [3.63, 3.8) is 0 Å². The molecular formula is C25H28F4O3. The Hall–Kier alpha value is -2.12. The summed E-state index contributed by atoms with van der Waals surface area (Å²) in [5, 5.41) is 0. The monoisotopic (exact) mass is 452 g/mol. The highest BCUT2D eigenvalue weighted by atomic mass is 19.3. The Balaban J connectivity index is 1.40. The molecule has 1 aliphatic heterocycles. The minimum atomic E-state index is -3.97. The molecule has 0 radical (unpaired) electrons. The van der Waals surface area contributed by atoms with Crippen molar-refractivity contribution < 1.29 is 31.8 Å². The van der Waals surface area contributed by atoms with E-state index in [2.05, 4.69) is 11.7 Å². The molecule has 0 N–H and O–H groups in total. The molecule has 7 heteroatoms. The molecule has 2 fully saturated rings. The molecule has 0 unspecified atom stereocenters. The fraction of sp³-hybridized carbons (Fsp3) is 0.520.